The minimum absolute atomic E-state index is 0. The Balaban J connectivity index is 0.00000225. The van der Waals surface area contributed by atoms with Crippen molar-refractivity contribution in [2.75, 3.05) is 0 Å². The molecule has 4 nitrogen and oxygen atoms in total. The van der Waals surface area contributed by atoms with Crippen LogP contribution >= 0.6 is 0 Å². The number of allylic oxidation sites excluding steroid dienone is 3. The van der Waals surface area contributed by atoms with E-state index in [4.69, 9.17) is 4.74 Å². The maximum Gasteiger partial charge on any atom is 1.00 e. The molecular weight excluding hydrogens is 239 g/mol. The van der Waals surface area contributed by atoms with Crippen molar-refractivity contribution < 1.29 is 47.3 Å². The van der Waals surface area contributed by atoms with Crippen molar-refractivity contribution in [3.63, 3.8) is 0 Å². The van der Waals surface area contributed by atoms with Crippen LogP contribution in [0.5, 0.6) is 0 Å². The zero-order valence-electron chi connectivity index (χ0n) is 9.58. The number of ether oxygens (including phenoxy) is 1. The average Bonchev–Trinajstić information content (AvgIpc) is 2.14. The van der Waals surface area contributed by atoms with Crippen molar-refractivity contribution in [1.82, 2.24) is 0 Å². The SMILES string of the molecule is CC=COC1(C)C=CC=CC1S(=O)(=O)[O-].[Na+]. The second-order valence-electron chi connectivity index (χ2n) is 3.43. The summed E-state index contributed by atoms with van der Waals surface area (Å²) in [6.07, 6.45) is 9.10. The van der Waals surface area contributed by atoms with Gasteiger partial charge in [0.2, 0.25) is 0 Å². The molecule has 0 heterocycles. The minimum atomic E-state index is -4.41. The number of hydrogen-bond acceptors (Lipinski definition) is 4. The Bertz CT molecular complexity index is 411. The van der Waals surface area contributed by atoms with Gasteiger partial charge in [0, 0.05) is 0 Å². The van der Waals surface area contributed by atoms with Crippen LogP contribution in [0.3, 0.4) is 0 Å². The summed E-state index contributed by atoms with van der Waals surface area (Å²) >= 11 is 0. The fourth-order valence-electron chi connectivity index (χ4n) is 1.40. The van der Waals surface area contributed by atoms with E-state index in [0.717, 1.165) is 0 Å². The molecule has 6 heteroatoms. The van der Waals surface area contributed by atoms with E-state index in [-0.39, 0.29) is 29.6 Å². The van der Waals surface area contributed by atoms with Gasteiger partial charge in [-0.05, 0) is 19.9 Å². The summed E-state index contributed by atoms with van der Waals surface area (Å²) in [5.41, 5.74) is -1.12. The normalized spacial score (nSPS) is 29.1. The third-order valence-electron chi connectivity index (χ3n) is 2.16. The first-order chi connectivity index (χ1) is 6.90. The van der Waals surface area contributed by atoms with Gasteiger partial charge in [0.15, 0.2) is 0 Å². The monoisotopic (exact) mass is 252 g/mol. The van der Waals surface area contributed by atoms with Crippen molar-refractivity contribution in [3.8, 4) is 0 Å². The van der Waals surface area contributed by atoms with E-state index in [1.807, 2.05) is 0 Å². The van der Waals surface area contributed by atoms with Crippen LogP contribution in [0.2, 0.25) is 0 Å². The minimum Gasteiger partial charge on any atom is -0.747 e. The topological polar surface area (TPSA) is 66.4 Å². The van der Waals surface area contributed by atoms with E-state index in [1.54, 1.807) is 32.1 Å². The average molecular weight is 252 g/mol. The molecule has 1 aliphatic carbocycles. The maximum atomic E-state index is 11.0. The summed E-state index contributed by atoms with van der Waals surface area (Å²) in [4.78, 5) is 0. The molecule has 0 fully saturated rings. The van der Waals surface area contributed by atoms with Gasteiger partial charge >= 0.3 is 29.6 Å². The Morgan fingerprint density at radius 2 is 2.06 bits per heavy atom. The third kappa shape index (κ3) is 3.75. The zero-order chi connectivity index (χ0) is 11.5. The largest absolute Gasteiger partial charge is 1.00 e. The van der Waals surface area contributed by atoms with Crippen molar-refractivity contribution in [3.05, 3.63) is 36.6 Å². The van der Waals surface area contributed by atoms with E-state index in [0.29, 0.717) is 0 Å². The Labute approximate surface area is 118 Å². The molecule has 2 unspecified atom stereocenters. The first-order valence-corrected chi connectivity index (χ1v) is 5.97. The van der Waals surface area contributed by atoms with Crippen LogP contribution in [-0.2, 0) is 14.9 Å². The van der Waals surface area contributed by atoms with Gasteiger partial charge in [0.25, 0.3) is 0 Å². The molecule has 0 amide bonds. The molecule has 84 valence electrons. The van der Waals surface area contributed by atoms with Crippen molar-refractivity contribution in [2.24, 2.45) is 0 Å². The predicted octanol–water partition coefficient (Wildman–Crippen LogP) is -1.66. The van der Waals surface area contributed by atoms with E-state index in [2.05, 4.69) is 0 Å². The zero-order valence-corrected chi connectivity index (χ0v) is 12.4. The molecule has 0 bridgehead atoms. The molecule has 0 spiro atoms. The van der Waals surface area contributed by atoms with Crippen LogP contribution in [0, 0.1) is 0 Å². The quantitative estimate of drug-likeness (QED) is 0.342. The van der Waals surface area contributed by atoms with Crippen molar-refractivity contribution >= 4 is 10.1 Å². The van der Waals surface area contributed by atoms with Crippen LogP contribution in [0.4, 0.5) is 0 Å². The van der Waals surface area contributed by atoms with Gasteiger partial charge in [-0.2, -0.15) is 0 Å². The number of hydrogen-bond donors (Lipinski definition) is 0. The van der Waals surface area contributed by atoms with Gasteiger partial charge in [-0.3, -0.25) is 0 Å². The molecule has 1 rings (SSSR count). The Morgan fingerprint density at radius 1 is 1.44 bits per heavy atom. The molecule has 0 saturated carbocycles. The van der Waals surface area contributed by atoms with Gasteiger partial charge in [0.05, 0.1) is 6.26 Å². The van der Waals surface area contributed by atoms with Gasteiger partial charge in [-0.15, -0.1) is 0 Å². The Morgan fingerprint density at radius 3 is 2.56 bits per heavy atom. The molecule has 0 aliphatic heterocycles. The smallest absolute Gasteiger partial charge is 0.747 e. The van der Waals surface area contributed by atoms with E-state index in [9.17, 15) is 13.0 Å². The summed E-state index contributed by atoms with van der Waals surface area (Å²) in [6.45, 7) is 3.31. The maximum absolute atomic E-state index is 11.0. The molecule has 0 N–H and O–H groups in total. The summed E-state index contributed by atoms with van der Waals surface area (Å²) in [7, 11) is -4.41. The van der Waals surface area contributed by atoms with Gasteiger partial charge in [0.1, 0.15) is 21.0 Å². The van der Waals surface area contributed by atoms with Gasteiger partial charge in [-0.1, -0.05) is 24.3 Å². The summed E-state index contributed by atoms with van der Waals surface area (Å²) in [5, 5.41) is -1.19. The van der Waals surface area contributed by atoms with Gasteiger partial charge in [-0.25, -0.2) is 8.42 Å². The molecule has 0 aromatic rings. The molecular formula is C10H13NaO4S. The van der Waals surface area contributed by atoms with Crippen molar-refractivity contribution in [1.29, 1.82) is 0 Å². The predicted molar refractivity (Wildman–Crippen MR) is 56.1 cm³/mol. The molecule has 16 heavy (non-hydrogen) atoms. The summed E-state index contributed by atoms with van der Waals surface area (Å²) in [5.74, 6) is 0. The molecule has 0 aromatic heterocycles. The van der Waals surface area contributed by atoms with E-state index >= 15 is 0 Å². The van der Waals surface area contributed by atoms with Crippen LogP contribution in [-0.4, -0.2) is 23.8 Å². The van der Waals surface area contributed by atoms with Crippen LogP contribution in [0.1, 0.15) is 13.8 Å². The van der Waals surface area contributed by atoms with E-state index in [1.165, 1.54) is 18.4 Å². The standard InChI is InChI=1S/C10H14O4S.Na/c1-3-8-14-10(2)7-5-4-6-9(10)15(11,12)13;/h3-9H,1-2H3,(H,11,12,13);/q;+1/p-1. The fraction of sp³-hybridized carbons (Fsp3) is 0.400. The third-order valence-corrected chi connectivity index (χ3v) is 3.41. The summed E-state index contributed by atoms with van der Waals surface area (Å²) < 4.78 is 38.3. The van der Waals surface area contributed by atoms with E-state index < -0.39 is 21.0 Å². The first kappa shape index (κ1) is 15.9. The molecule has 0 radical (unpaired) electrons. The van der Waals surface area contributed by atoms with Gasteiger partial charge < -0.3 is 9.29 Å². The molecule has 0 saturated heterocycles. The molecule has 1 aliphatic rings. The second-order valence-corrected chi connectivity index (χ2v) is 4.92. The number of rotatable bonds is 3. The summed E-state index contributed by atoms with van der Waals surface area (Å²) in [6, 6.07) is 0. The molecule has 2 atom stereocenters. The second kappa shape index (κ2) is 6.02. The Hall–Kier alpha value is -0.0700. The van der Waals surface area contributed by atoms with Crippen LogP contribution < -0.4 is 29.6 Å². The fourth-order valence-corrected chi connectivity index (χ4v) is 2.39. The molecule has 0 aromatic carbocycles. The Kier molecular flexibility index (Phi) is 6.00. The van der Waals surface area contributed by atoms with Crippen LogP contribution in [0.15, 0.2) is 36.6 Å². The van der Waals surface area contributed by atoms with Crippen LogP contribution in [0.25, 0.3) is 0 Å². The first-order valence-electron chi connectivity index (χ1n) is 4.50. The van der Waals surface area contributed by atoms with Crippen molar-refractivity contribution in [2.45, 2.75) is 24.7 Å².